The molecule has 1 saturated heterocycles. The number of fused-ring (bicyclic) bond motifs is 1. The van der Waals surface area contributed by atoms with Crippen molar-refractivity contribution in [2.75, 3.05) is 58.4 Å². The van der Waals surface area contributed by atoms with Gasteiger partial charge in [0.25, 0.3) is 5.56 Å². The first-order valence-corrected chi connectivity index (χ1v) is 17.7. The Hall–Kier alpha value is -3.83. The van der Waals surface area contributed by atoms with Crippen molar-refractivity contribution < 1.29 is 19.0 Å². The molecule has 1 aliphatic heterocycles. The molecule has 0 bridgehead atoms. The highest BCUT2D eigenvalue weighted by Crippen LogP contribution is 2.46. The number of amides is 1. The van der Waals surface area contributed by atoms with E-state index in [0.717, 1.165) is 50.3 Å². The molecule has 268 valence electrons. The second kappa shape index (κ2) is 15.6. The van der Waals surface area contributed by atoms with E-state index in [1.165, 1.54) is 12.0 Å². The summed E-state index contributed by atoms with van der Waals surface area (Å²) in [4.78, 5) is 39.6. The molecule has 2 aromatic carbocycles. The predicted octanol–water partition coefficient (Wildman–Crippen LogP) is 8.11. The monoisotopic (exact) mass is 723 g/mol. The number of carbonyl (C=O) groups excluding carboxylic acids is 1. The lowest BCUT2D eigenvalue weighted by Gasteiger charge is -2.32. The van der Waals surface area contributed by atoms with Crippen LogP contribution in [0, 0.1) is 13.8 Å². The van der Waals surface area contributed by atoms with Crippen LogP contribution >= 0.6 is 23.2 Å². The van der Waals surface area contributed by atoms with Crippen molar-refractivity contribution in [1.82, 2.24) is 19.4 Å². The van der Waals surface area contributed by atoms with Gasteiger partial charge in [-0.15, -0.1) is 0 Å². The average molecular weight is 725 g/mol. The van der Waals surface area contributed by atoms with E-state index in [1.807, 2.05) is 59.7 Å². The van der Waals surface area contributed by atoms with E-state index in [2.05, 4.69) is 16.8 Å². The molecule has 5 rings (SSSR count). The first-order chi connectivity index (χ1) is 23.7. The van der Waals surface area contributed by atoms with Gasteiger partial charge >= 0.3 is 6.09 Å². The predicted molar refractivity (Wildman–Crippen MR) is 202 cm³/mol. The summed E-state index contributed by atoms with van der Waals surface area (Å²) in [5, 5.41) is 1.09. The van der Waals surface area contributed by atoms with Gasteiger partial charge in [0.05, 0.1) is 40.5 Å². The highest BCUT2D eigenvalue weighted by molar-refractivity contribution is 6.41. The van der Waals surface area contributed by atoms with E-state index >= 15 is 0 Å². The number of halogens is 2. The maximum Gasteiger partial charge on any atom is 0.420 e. The van der Waals surface area contributed by atoms with Crippen LogP contribution in [0.3, 0.4) is 0 Å². The molecule has 0 spiro atoms. The Labute approximate surface area is 304 Å². The number of pyridine rings is 2. The minimum Gasteiger partial charge on any atom is -0.495 e. The third-order valence-electron chi connectivity index (χ3n) is 8.81. The van der Waals surface area contributed by atoms with Crippen LogP contribution in [0.25, 0.3) is 22.0 Å². The van der Waals surface area contributed by atoms with Gasteiger partial charge in [0, 0.05) is 62.0 Å². The number of hydrogen-bond acceptors (Lipinski definition) is 8. The topological polar surface area (TPSA) is 89.4 Å². The first-order valence-electron chi connectivity index (χ1n) is 17.0. The van der Waals surface area contributed by atoms with Crippen LogP contribution in [0.5, 0.6) is 11.5 Å². The van der Waals surface area contributed by atoms with Crippen LogP contribution in [0.4, 0.5) is 16.3 Å². The number of piperazine rings is 1. The largest absolute Gasteiger partial charge is 0.495 e. The Morgan fingerprint density at radius 1 is 0.980 bits per heavy atom. The standard InChI is InChI=1S/C38H47Cl2N5O5/c1-9-49-30-22-29(48-8)33(39)32(34(30)40)27-20-26-23-41-31(45(37(47)50-38(4,5)6)35-24(2)12-10-13-25(35)3)21-28(26)44(36(27)46)15-11-14-43-18-16-42(7)17-19-43/h10,12-13,20-23H,9,11,14-19H2,1-8H3. The highest BCUT2D eigenvalue weighted by atomic mass is 35.5. The molecule has 0 unspecified atom stereocenters. The number of likely N-dealkylation sites (N-methyl/N-ethyl adjacent to an activating group) is 1. The Kier molecular flexibility index (Phi) is 11.7. The molecular weight excluding hydrogens is 677 g/mol. The van der Waals surface area contributed by atoms with Gasteiger partial charge in [-0.25, -0.2) is 14.7 Å². The highest BCUT2D eigenvalue weighted by Gasteiger charge is 2.29. The lowest BCUT2D eigenvalue weighted by molar-refractivity contribution is 0.0597. The summed E-state index contributed by atoms with van der Waals surface area (Å²) < 4.78 is 19.0. The van der Waals surface area contributed by atoms with E-state index in [4.69, 9.17) is 42.4 Å². The summed E-state index contributed by atoms with van der Waals surface area (Å²) in [7, 11) is 3.63. The fourth-order valence-electron chi connectivity index (χ4n) is 6.31. The second-order valence-electron chi connectivity index (χ2n) is 13.7. The van der Waals surface area contributed by atoms with Crippen molar-refractivity contribution in [3.63, 3.8) is 0 Å². The molecule has 2 aromatic heterocycles. The minimum absolute atomic E-state index is 0.206. The SMILES string of the molecule is CCOc1cc(OC)c(Cl)c(-c2cc3cnc(N(C(=O)OC(C)(C)C)c4c(C)cccc4C)cc3n(CCCN3CCN(C)CC3)c2=O)c1Cl. The summed E-state index contributed by atoms with van der Waals surface area (Å²) in [5.74, 6) is 1.03. The molecule has 0 saturated carbocycles. The van der Waals surface area contributed by atoms with Crippen LogP contribution < -0.4 is 19.9 Å². The Bertz CT molecular complexity index is 1910. The zero-order valence-electron chi connectivity index (χ0n) is 30.2. The Morgan fingerprint density at radius 3 is 2.26 bits per heavy atom. The number of rotatable bonds is 10. The number of aromatic nitrogens is 2. The van der Waals surface area contributed by atoms with E-state index in [0.29, 0.717) is 58.2 Å². The van der Waals surface area contributed by atoms with Gasteiger partial charge in [0.1, 0.15) is 22.9 Å². The smallest absolute Gasteiger partial charge is 0.420 e. The Morgan fingerprint density at radius 2 is 1.64 bits per heavy atom. The number of aryl methyl sites for hydroxylation is 3. The molecule has 0 radical (unpaired) electrons. The van der Waals surface area contributed by atoms with Gasteiger partial charge in [-0.05, 0) is 78.7 Å². The van der Waals surface area contributed by atoms with Gasteiger partial charge in [-0.2, -0.15) is 0 Å². The fourth-order valence-corrected chi connectivity index (χ4v) is 6.99. The number of hydrogen-bond donors (Lipinski definition) is 0. The van der Waals surface area contributed by atoms with Crippen molar-refractivity contribution in [3.8, 4) is 22.6 Å². The second-order valence-corrected chi connectivity index (χ2v) is 14.4. The number of methoxy groups -OCH3 is 1. The molecular formula is C38H47Cl2N5O5. The van der Waals surface area contributed by atoms with Crippen LogP contribution in [-0.4, -0.2) is 84.5 Å². The van der Waals surface area contributed by atoms with Crippen molar-refractivity contribution >= 4 is 51.7 Å². The lowest BCUT2D eigenvalue weighted by Crippen LogP contribution is -2.44. The van der Waals surface area contributed by atoms with Crippen molar-refractivity contribution in [1.29, 1.82) is 0 Å². The van der Waals surface area contributed by atoms with Crippen molar-refractivity contribution in [2.24, 2.45) is 0 Å². The number of ether oxygens (including phenoxy) is 3. The molecule has 4 aromatic rings. The third kappa shape index (κ3) is 8.04. The normalized spacial score (nSPS) is 14.2. The summed E-state index contributed by atoms with van der Waals surface area (Å²) in [6, 6.07) is 11.0. The maximum absolute atomic E-state index is 14.7. The number of anilines is 2. The number of carbonyl (C=O) groups is 1. The van der Waals surface area contributed by atoms with Crippen LogP contribution in [0.1, 0.15) is 45.2 Å². The van der Waals surface area contributed by atoms with E-state index < -0.39 is 11.7 Å². The van der Waals surface area contributed by atoms with Gasteiger partial charge in [-0.3, -0.25) is 4.79 Å². The molecule has 0 atom stereocenters. The van der Waals surface area contributed by atoms with E-state index in [1.54, 1.807) is 29.0 Å². The molecule has 50 heavy (non-hydrogen) atoms. The Balaban J connectivity index is 1.71. The molecule has 1 amide bonds. The van der Waals surface area contributed by atoms with Crippen LogP contribution in [-0.2, 0) is 11.3 Å². The molecule has 3 heterocycles. The van der Waals surface area contributed by atoms with Gasteiger partial charge < -0.3 is 28.6 Å². The molecule has 10 nitrogen and oxygen atoms in total. The molecule has 0 N–H and O–H groups in total. The van der Waals surface area contributed by atoms with Crippen molar-refractivity contribution in [3.05, 3.63) is 74.1 Å². The third-order valence-corrected chi connectivity index (χ3v) is 9.56. The van der Waals surface area contributed by atoms with E-state index in [-0.39, 0.29) is 15.6 Å². The number of para-hydroxylation sites is 1. The van der Waals surface area contributed by atoms with Gasteiger partial charge in [-0.1, -0.05) is 41.4 Å². The summed E-state index contributed by atoms with van der Waals surface area (Å²) in [5.41, 5.74) is 2.62. The summed E-state index contributed by atoms with van der Waals surface area (Å²) in [6.07, 6.45) is 1.82. The number of nitrogens with zero attached hydrogens (tertiary/aromatic N) is 5. The minimum atomic E-state index is -0.751. The molecule has 0 aliphatic carbocycles. The summed E-state index contributed by atoms with van der Waals surface area (Å²) in [6.45, 7) is 16.8. The molecule has 1 fully saturated rings. The van der Waals surface area contributed by atoms with Gasteiger partial charge in [0.2, 0.25) is 0 Å². The van der Waals surface area contributed by atoms with Crippen LogP contribution in [0.2, 0.25) is 10.0 Å². The first kappa shape index (κ1) is 37.4. The number of benzene rings is 2. The average Bonchev–Trinajstić information content (AvgIpc) is 3.05. The summed E-state index contributed by atoms with van der Waals surface area (Å²) >= 11 is 13.8. The maximum atomic E-state index is 14.7. The fraction of sp³-hybridized carbons (Fsp3) is 0.447. The van der Waals surface area contributed by atoms with E-state index in [9.17, 15) is 9.59 Å². The zero-order valence-corrected chi connectivity index (χ0v) is 31.7. The van der Waals surface area contributed by atoms with Crippen molar-refractivity contribution in [2.45, 2.75) is 60.1 Å². The van der Waals surface area contributed by atoms with Crippen LogP contribution in [0.15, 0.2) is 47.4 Å². The molecule has 1 aliphatic rings. The molecule has 12 heteroatoms. The quantitative estimate of drug-likeness (QED) is 0.162. The lowest BCUT2D eigenvalue weighted by atomic mass is 10.0. The zero-order chi connectivity index (χ0) is 36.3. The van der Waals surface area contributed by atoms with Gasteiger partial charge in [0.15, 0.2) is 0 Å².